The van der Waals surface area contributed by atoms with Crippen LogP contribution in [0.25, 0.3) is 33.4 Å². The van der Waals surface area contributed by atoms with Gasteiger partial charge in [0.25, 0.3) is 0 Å². The van der Waals surface area contributed by atoms with Gasteiger partial charge >= 0.3 is 0 Å². The molecule has 0 saturated heterocycles. The maximum Gasteiger partial charge on any atom is 0.0713 e. The van der Waals surface area contributed by atoms with Gasteiger partial charge in [-0.05, 0) is 201 Å². The van der Waals surface area contributed by atoms with E-state index in [2.05, 4.69) is 326 Å². The molecule has 0 radical (unpaired) electrons. The molecular weight excluding hydrogens is 977 g/mol. The summed E-state index contributed by atoms with van der Waals surface area (Å²) in [5.74, 6) is 0. The molecule has 2 nitrogen and oxygen atoms in total. The van der Waals surface area contributed by atoms with Crippen molar-refractivity contribution in [1.29, 1.82) is 0 Å². The van der Waals surface area contributed by atoms with Gasteiger partial charge in [0.1, 0.15) is 0 Å². The molecule has 10 aromatic rings. The number of anilines is 6. The third-order valence-electron chi connectivity index (χ3n) is 17.2. The third kappa shape index (κ3) is 10.2. The summed E-state index contributed by atoms with van der Waals surface area (Å²) in [6.45, 7) is 34.0. The van der Waals surface area contributed by atoms with Crippen LogP contribution in [0.2, 0.25) is 0 Å². The minimum Gasteiger partial charge on any atom is -0.310 e. The molecule has 0 N–H and O–H groups in total. The van der Waals surface area contributed by atoms with E-state index in [1.165, 1.54) is 117 Å². The van der Waals surface area contributed by atoms with E-state index in [1.807, 2.05) is 0 Å². The molecule has 1 aliphatic carbocycles. The van der Waals surface area contributed by atoms with E-state index in [0.29, 0.717) is 0 Å². The van der Waals surface area contributed by atoms with Crippen LogP contribution in [-0.2, 0) is 21.7 Å². The van der Waals surface area contributed by atoms with Crippen molar-refractivity contribution in [3.63, 3.8) is 0 Å². The van der Waals surface area contributed by atoms with E-state index in [0.717, 1.165) is 22.7 Å². The molecule has 0 fully saturated rings. The van der Waals surface area contributed by atoms with Gasteiger partial charge in [0.05, 0.1) is 11.1 Å². The summed E-state index contributed by atoms with van der Waals surface area (Å²) in [5.41, 5.74) is 30.7. The fourth-order valence-electron chi connectivity index (χ4n) is 12.5. The Kier molecular flexibility index (Phi) is 14.0. The number of nitrogens with zero attached hydrogens (tertiary/aromatic N) is 2. The highest BCUT2D eigenvalue weighted by molar-refractivity contribution is 5.88. The lowest BCUT2D eigenvalue weighted by Crippen LogP contribution is -2.29. The van der Waals surface area contributed by atoms with Crippen LogP contribution in [0, 0.1) is 41.5 Å². The summed E-state index contributed by atoms with van der Waals surface area (Å²) >= 11 is 0. The average Bonchev–Trinajstić information content (AvgIpc) is 3.99. The Morgan fingerprint density at radius 3 is 1.01 bits per heavy atom. The average molecular weight is 1060 g/mol. The van der Waals surface area contributed by atoms with Crippen molar-refractivity contribution in [2.75, 3.05) is 9.80 Å². The predicted octanol–water partition coefficient (Wildman–Crippen LogP) is 22.1. The Morgan fingerprint density at radius 1 is 0.284 bits per heavy atom. The molecule has 0 atom stereocenters. The Balaban J connectivity index is 0.976. The first kappa shape index (κ1) is 54.7. The van der Waals surface area contributed by atoms with Crippen LogP contribution < -0.4 is 9.80 Å². The first-order valence-electron chi connectivity index (χ1n) is 29.1. The van der Waals surface area contributed by atoms with Crippen molar-refractivity contribution in [2.24, 2.45) is 0 Å². The lowest BCUT2D eigenvalue weighted by molar-refractivity contribution is 0.589. The highest BCUT2D eigenvalue weighted by Gasteiger charge is 2.46. The number of aryl methyl sites for hydroxylation is 6. The summed E-state index contributed by atoms with van der Waals surface area (Å²) in [6, 6.07) is 81.1. The molecule has 0 aliphatic heterocycles. The normalized spacial score (nSPS) is 13.0. The van der Waals surface area contributed by atoms with Crippen LogP contribution in [0.3, 0.4) is 0 Å². The van der Waals surface area contributed by atoms with E-state index in [1.54, 1.807) is 0 Å². The predicted molar refractivity (Wildman–Crippen MR) is 349 cm³/mol. The van der Waals surface area contributed by atoms with Gasteiger partial charge in [0.15, 0.2) is 0 Å². The largest absolute Gasteiger partial charge is 0.310 e. The molecule has 10 aromatic carbocycles. The second kappa shape index (κ2) is 20.7. The van der Waals surface area contributed by atoms with Crippen LogP contribution in [0.1, 0.15) is 135 Å². The minimum atomic E-state index is -0.492. The summed E-state index contributed by atoms with van der Waals surface area (Å²) in [7, 11) is 0. The number of benzene rings is 10. The second-order valence-electron chi connectivity index (χ2n) is 26.4. The molecule has 0 aromatic heterocycles. The number of rotatable bonds is 10. The first-order chi connectivity index (χ1) is 38.5. The monoisotopic (exact) mass is 1060 g/mol. The van der Waals surface area contributed by atoms with Gasteiger partial charge < -0.3 is 9.80 Å². The SMILES string of the molecule is Cc1ccc(C2(c3ccc(N(c4ccc(-c5ccc(N(c6ccc(-c7ccc(C(C)(C)C)cc7)cc6)c6ccc(C(C)(C)C)cc6C)cc5)cc4)c4c(C)cc(C(C)(C)C)cc4C)cc3)c3cc(C)ccc3-c3ccc(C)cc32)cc1. The van der Waals surface area contributed by atoms with E-state index < -0.39 is 5.41 Å². The van der Waals surface area contributed by atoms with Crippen LogP contribution in [0.4, 0.5) is 34.1 Å². The maximum atomic E-state index is 2.48. The summed E-state index contributed by atoms with van der Waals surface area (Å²) < 4.78 is 0. The molecule has 2 heteroatoms. The van der Waals surface area contributed by atoms with Crippen molar-refractivity contribution < 1.29 is 0 Å². The summed E-state index contributed by atoms with van der Waals surface area (Å²) in [5, 5.41) is 0. The Bertz CT molecular complexity index is 3850. The molecule has 0 amide bonds. The fourth-order valence-corrected chi connectivity index (χ4v) is 12.5. The van der Waals surface area contributed by atoms with Crippen molar-refractivity contribution >= 4 is 34.1 Å². The quantitative estimate of drug-likeness (QED) is 0.135. The maximum absolute atomic E-state index is 2.48. The van der Waals surface area contributed by atoms with Crippen LogP contribution in [0.5, 0.6) is 0 Å². The van der Waals surface area contributed by atoms with Gasteiger partial charge in [0.2, 0.25) is 0 Å². The minimum absolute atomic E-state index is 0.0172. The lowest BCUT2D eigenvalue weighted by atomic mass is 9.67. The molecule has 1 aliphatic rings. The zero-order chi connectivity index (χ0) is 57.3. The van der Waals surface area contributed by atoms with Gasteiger partial charge in [-0.1, -0.05) is 237 Å². The fraction of sp³-hybridized carbons (Fsp3) is 0.241. The molecular formula is C79H80N2. The topological polar surface area (TPSA) is 6.48 Å². The summed E-state index contributed by atoms with van der Waals surface area (Å²) in [6.07, 6.45) is 0. The van der Waals surface area contributed by atoms with Crippen LogP contribution in [0.15, 0.2) is 212 Å². The van der Waals surface area contributed by atoms with Crippen LogP contribution >= 0.6 is 0 Å². The first-order valence-corrected chi connectivity index (χ1v) is 29.1. The Labute approximate surface area is 484 Å². The van der Waals surface area contributed by atoms with E-state index in [4.69, 9.17) is 0 Å². The standard InChI is InChI=1S/C79H80N2/c1-51-16-28-62(29-17-51)79(72-46-52(2)18-43-70(72)71-44-19-53(3)47-73(71)79)63-32-41-69(42-33-63)81(75-55(5)49-65(50-56(75)6)78(13,14)15)68-39-26-60(27-40-68)59-24-37-67(38-25-59)80(74-45-34-64(48-54(74)4)77(10,11)12)66-35-22-58(23-36-66)57-20-30-61(31-21-57)76(7,8)9/h16-50H,1-15H3. The van der Waals surface area contributed by atoms with E-state index in [-0.39, 0.29) is 16.2 Å². The molecule has 81 heavy (non-hydrogen) atoms. The van der Waals surface area contributed by atoms with Crippen molar-refractivity contribution in [2.45, 2.75) is 126 Å². The number of hydrogen-bond donors (Lipinski definition) is 0. The number of hydrogen-bond acceptors (Lipinski definition) is 2. The smallest absolute Gasteiger partial charge is 0.0713 e. The van der Waals surface area contributed by atoms with E-state index >= 15 is 0 Å². The Hall–Kier alpha value is -8.20. The molecule has 11 rings (SSSR count). The molecule has 0 heterocycles. The van der Waals surface area contributed by atoms with Gasteiger partial charge in [-0.3, -0.25) is 0 Å². The van der Waals surface area contributed by atoms with Gasteiger partial charge in [-0.2, -0.15) is 0 Å². The lowest BCUT2D eigenvalue weighted by Gasteiger charge is -2.35. The second-order valence-corrected chi connectivity index (χ2v) is 26.4. The molecule has 0 unspecified atom stereocenters. The van der Waals surface area contributed by atoms with Crippen molar-refractivity contribution in [3.05, 3.63) is 285 Å². The third-order valence-corrected chi connectivity index (χ3v) is 17.2. The van der Waals surface area contributed by atoms with Crippen molar-refractivity contribution in [3.8, 4) is 33.4 Å². The van der Waals surface area contributed by atoms with Crippen molar-refractivity contribution in [1.82, 2.24) is 0 Å². The molecule has 0 saturated carbocycles. The van der Waals surface area contributed by atoms with Gasteiger partial charge in [-0.25, -0.2) is 0 Å². The summed E-state index contributed by atoms with van der Waals surface area (Å²) in [4.78, 5) is 4.89. The molecule has 0 bridgehead atoms. The number of fused-ring (bicyclic) bond motifs is 3. The van der Waals surface area contributed by atoms with E-state index in [9.17, 15) is 0 Å². The zero-order valence-electron chi connectivity index (χ0n) is 50.6. The highest BCUT2D eigenvalue weighted by atomic mass is 15.2. The highest BCUT2D eigenvalue weighted by Crippen LogP contribution is 2.57. The Morgan fingerprint density at radius 2 is 0.617 bits per heavy atom. The van der Waals surface area contributed by atoms with Gasteiger partial charge in [-0.15, -0.1) is 0 Å². The zero-order valence-corrected chi connectivity index (χ0v) is 50.6. The van der Waals surface area contributed by atoms with Gasteiger partial charge in [0, 0.05) is 28.4 Å². The molecule has 406 valence electrons. The molecule has 0 spiro atoms. The van der Waals surface area contributed by atoms with Crippen LogP contribution in [-0.4, -0.2) is 0 Å².